The fourth-order valence-corrected chi connectivity index (χ4v) is 6.26. The van der Waals surface area contributed by atoms with Gasteiger partial charge in [-0.2, -0.15) is 0 Å². The summed E-state index contributed by atoms with van der Waals surface area (Å²) in [4.78, 5) is 32.3. The Morgan fingerprint density at radius 2 is 1.92 bits per heavy atom. The van der Waals surface area contributed by atoms with Gasteiger partial charge in [0.2, 0.25) is 0 Å². The van der Waals surface area contributed by atoms with E-state index in [0.29, 0.717) is 28.2 Å². The number of aliphatic imine (C=N–C) groups is 1. The molecule has 0 spiro atoms. The van der Waals surface area contributed by atoms with E-state index in [1.807, 2.05) is 13.0 Å². The number of carbonyl (C=O) groups excluding carboxylic acids is 2. The Balaban J connectivity index is 1.67. The van der Waals surface area contributed by atoms with Crippen molar-refractivity contribution in [3.05, 3.63) is 56.3 Å². The van der Waals surface area contributed by atoms with E-state index in [4.69, 9.17) is 14.2 Å². The summed E-state index contributed by atoms with van der Waals surface area (Å²) in [6.07, 6.45) is 6.84. The van der Waals surface area contributed by atoms with Crippen LogP contribution in [0.2, 0.25) is 0 Å². The molecule has 2 aromatic carbocycles. The summed E-state index contributed by atoms with van der Waals surface area (Å²) in [5.74, 6) is -0.112. The lowest BCUT2D eigenvalue weighted by Crippen LogP contribution is -2.40. The Hall–Kier alpha value is -2.60. The number of esters is 1. The average Bonchev–Trinajstić information content (AvgIpc) is 3.20. The van der Waals surface area contributed by atoms with E-state index in [-0.39, 0.29) is 30.9 Å². The fraction of sp³-hybridized carbons (Fsp3) is 0.393. The van der Waals surface area contributed by atoms with Gasteiger partial charge in [0.15, 0.2) is 23.3 Å². The summed E-state index contributed by atoms with van der Waals surface area (Å²) < 4.78 is 31.6. The molecule has 1 aliphatic heterocycles. The van der Waals surface area contributed by atoms with Crippen molar-refractivity contribution in [1.82, 2.24) is 4.90 Å². The second-order valence-corrected chi connectivity index (χ2v) is 11.0. The molecule has 0 radical (unpaired) electrons. The van der Waals surface area contributed by atoms with E-state index in [1.165, 1.54) is 17.8 Å². The van der Waals surface area contributed by atoms with E-state index in [2.05, 4.69) is 27.6 Å². The zero-order chi connectivity index (χ0) is 27.1. The predicted molar refractivity (Wildman–Crippen MR) is 155 cm³/mol. The van der Waals surface area contributed by atoms with Gasteiger partial charge >= 0.3 is 5.97 Å². The summed E-state index contributed by atoms with van der Waals surface area (Å²) in [6.45, 7) is 4.03. The van der Waals surface area contributed by atoms with Crippen molar-refractivity contribution in [2.75, 3.05) is 19.8 Å². The van der Waals surface area contributed by atoms with Crippen LogP contribution in [0.15, 0.2) is 46.3 Å². The van der Waals surface area contributed by atoms with Gasteiger partial charge in [-0.15, -0.1) is 0 Å². The molecule has 1 amide bonds. The highest BCUT2D eigenvalue weighted by Crippen LogP contribution is 2.40. The molecule has 1 saturated heterocycles. The minimum Gasteiger partial charge on any atom is -0.490 e. The van der Waals surface area contributed by atoms with Gasteiger partial charge in [-0.1, -0.05) is 31.4 Å². The molecular weight excluding hydrogens is 622 g/mol. The van der Waals surface area contributed by atoms with E-state index >= 15 is 0 Å². The summed E-state index contributed by atoms with van der Waals surface area (Å²) in [5.41, 5.74) is 0.953. The Morgan fingerprint density at radius 3 is 2.63 bits per heavy atom. The number of hydrogen-bond acceptors (Lipinski definition) is 7. The van der Waals surface area contributed by atoms with E-state index in [0.717, 1.165) is 41.2 Å². The molecule has 0 unspecified atom stereocenters. The van der Waals surface area contributed by atoms with Crippen LogP contribution in [0.25, 0.3) is 6.08 Å². The fourth-order valence-electron chi connectivity index (χ4n) is 4.43. The van der Waals surface area contributed by atoms with Crippen LogP contribution in [-0.2, 0) is 14.3 Å². The molecule has 0 atom stereocenters. The molecule has 2 aromatic rings. The van der Waals surface area contributed by atoms with Crippen LogP contribution in [0.4, 0.5) is 10.1 Å². The molecule has 1 heterocycles. The van der Waals surface area contributed by atoms with Crippen LogP contribution in [-0.4, -0.2) is 47.8 Å². The lowest BCUT2D eigenvalue weighted by molar-refractivity contribution is -0.145. The molecule has 1 aliphatic carbocycles. The second-order valence-electron chi connectivity index (χ2n) is 8.78. The molecule has 7 nitrogen and oxygen atoms in total. The molecule has 202 valence electrons. The van der Waals surface area contributed by atoms with Crippen LogP contribution >= 0.6 is 34.4 Å². The van der Waals surface area contributed by atoms with E-state index in [1.54, 1.807) is 42.2 Å². The monoisotopic (exact) mass is 652 g/mol. The zero-order valence-corrected chi connectivity index (χ0v) is 24.3. The van der Waals surface area contributed by atoms with Crippen molar-refractivity contribution in [2.24, 2.45) is 4.99 Å². The highest BCUT2D eigenvalue weighted by molar-refractivity contribution is 14.1. The van der Waals surface area contributed by atoms with Crippen molar-refractivity contribution in [3.63, 3.8) is 0 Å². The third-order valence-corrected chi connectivity index (χ3v) is 7.90. The summed E-state index contributed by atoms with van der Waals surface area (Å²) in [6, 6.07) is 10.0. The van der Waals surface area contributed by atoms with Crippen molar-refractivity contribution < 1.29 is 28.2 Å². The Kier molecular flexibility index (Phi) is 10.1. The Morgan fingerprint density at radius 1 is 1.16 bits per heavy atom. The second kappa shape index (κ2) is 13.5. The van der Waals surface area contributed by atoms with E-state index in [9.17, 15) is 14.0 Å². The molecule has 10 heteroatoms. The number of hydrogen-bond donors (Lipinski definition) is 0. The van der Waals surface area contributed by atoms with Gasteiger partial charge in [-0.05, 0) is 96.9 Å². The van der Waals surface area contributed by atoms with Gasteiger partial charge in [0.05, 0.1) is 21.7 Å². The van der Waals surface area contributed by atoms with Gasteiger partial charge in [0.25, 0.3) is 5.91 Å². The third-order valence-electron chi connectivity index (χ3n) is 6.11. The Bertz CT molecular complexity index is 1250. The number of carbonyl (C=O) groups is 2. The van der Waals surface area contributed by atoms with Crippen LogP contribution in [0.3, 0.4) is 0 Å². The number of amides is 1. The van der Waals surface area contributed by atoms with Crippen LogP contribution in [0, 0.1) is 9.39 Å². The van der Waals surface area contributed by atoms with Gasteiger partial charge in [-0.3, -0.25) is 9.69 Å². The first-order chi connectivity index (χ1) is 18.4. The van der Waals surface area contributed by atoms with Gasteiger partial charge in [0.1, 0.15) is 11.5 Å². The standard InChI is InChI=1S/C28H30FIN2O5S/c1-3-35-23-15-18(14-21(30)26(23)37-17-25(33)36-4-2)16-24-27(34)32(19-10-6-5-7-11-19)28(38-24)31-22-13-9-8-12-20(22)29/h8-9,12-16,19H,3-7,10-11,17H2,1-2H3/b24-16-,31-28?. The number of para-hydroxylation sites is 1. The maximum absolute atomic E-state index is 14.4. The molecule has 4 rings (SSSR count). The maximum Gasteiger partial charge on any atom is 0.344 e. The molecule has 0 bridgehead atoms. The summed E-state index contributed by atoms with van der Waals surface area (Å²) in [7, 11) is 0. The molecule has 1 saturated carbocycles. The lowest BCUT2D eigenvalue weighted by Gasteiger charge is -2.30. The SMILES string of the molecule is CCOC(=O)COc1c(I)cc(/C=C2\SC(=Nc3ccccc3F)N(C3CCCCC3)C2=O)cc1OCC. The Labute approximate surface area is 239 Å². The number of rotatable bonds is 9. The predicted octanol–water partition coefficient (Wildman–Crippen LogP) is 6.71. The number of ether oxygens (including phenoxy) is 3. The van der Waals surface area contributed by atoms with Crippen molar-refractivity contribution in [1.29, 1.82) is 0 Å². The minimum atomic E-state index is -0.464. The van der Waals surface area contributed by atoms with E-state index < -0.39 is 11.8 Å². The molecule has 2 aliphatic rings. The number of thioether (sulfide) groups is 1. The first kappa shape index (κ1) is 28.4. The average molecular weight is 653 g/mol. The molecule has 0 aromatic heterocycles. The maximum atomic E-state index is 14.4. The highest BCUT2D eigenvalue weighted by Gasteiger charge is 2.39. The molecular formula is C28H30FIN2O5S. The largest absolute Gasteiger partial charge is 0.490 e. The first-order valence-corrected chi connectivity index (χ1v) is 14.6. The van der Waals surface area contributed by atoms with Crippen LogP contribution < -0.4 is 9.47 Å². The van der Waals surface area contributed by atoms with Gasteiger partial charge in [0, 0.05) is 6.04 Å². The molecule has 0 N–H and O–H groups in total. The van der Waals surface area contributed by atoms with Crippen LogP contribution in [0.1, 0.15) is 51.5 Å². The molecule has 38 heavy (non-hydrogen) atoms. The topological polar surface area (TPSA) is 77.4 Å². The summed E-state index contributed by atoms with van der Waals surface area (Å²) >= 11 is 3.37. The summed E-state index contributed by atoms with van der Waals surface area (Å²) in [5, 5.41) is 0.493. The van der Waals surface area contributed by atoms with Crippen molar-refractivity contribution >= 4 is 63.2 Å². The number of halogens is 2. The third kappa shape index (κ3) is 6.88. The smallest absolute Gasteiger partial charge is 0.344 e. The first-order valence-electron chi connectivity index (χ1n) is 12.7. The highest BCUT2D eigenvalue weighted by atomic mass is 127. The normalized spacial score (nSPS) is 18.3. The quantitative estimate of drug-likeness (QED) is 0.170. The number of benzene rings is 2. The minimum absolute atomic E-state index is 0.0398. The zero-order valence-electron chi connectivity index (χ0n) is 21.4. The van der Waals surface area contributed by atoms with Crippen molar-refractivity contribution in [2.45, 2.75) is 52.0 Å². The lowest BCUT2D eigenvalue weighted by atomic mass is 9.94. The number of amidine groups is 1. The van der Waals surface area contributed by atoms with Crippen molar-refractivity contribution in [3.8, 4) is 11.5 Å². The van der Waals surface area contributed by atoms with Gasteiger partial charge in [-0.25, -0.2) is 14.2 Å². The molecule has 2 fully saturated rings. The number of nitrogens with zero attached hydrogens (tertiary/aromatic N) is 2. The van der Waals surface area contributed by atoms with Crippen LogP contribution in [0.5, 0.6) is 11.5 Å². The van der Waals surface area contributed by atoms with Gasteiger partial charge < -0.3 is 14.2 Å².